The van der Waals surface area contributed by atoms with Crippen LogP contribution < -0.4 is 5.32 Å². The Kier molecular flexibility index (Phi) is 2.88. The van der Waals surface area contributed by atoms with Crippen LogP contribution in [0.4, 0.5) is 26.7 Å². The molecule has 0 bridgehead atoms. The molecule has 2 rings (SSSR count). The minimum Gasteiger partial charge on any atom is -0.443 e. The fourth-order valence-corrected chi connectivity index (χ4v) is 1.58. The Morgan fingerprint density at radius 3 is 2.33 bits per heavy atom. The number of rotatable bonds is 1. The average molecular weight is 267 g/mol. The van der Waals surface area contributed by atoms with Gasteiger partial charge in [-0.15, -0.1) is 0 Å². The molecule has 1 aliphatic heterocycles. The van der Waals surface area contributed by atoms with E-state index in [4.69, 9.17) is 0 Å². The van der Waals surface area contributed by atoms with Crippen LogP contribution in [-0.2, 0) is 4.74 Å². The molecule has 1 N–H and O–H groups in total. The maximum absolute atomic E-state index is 13.4. The summed E-state index contributed by atoms with van der Waals surface area (Å²) in [5, 5.41) is 1.73. The standard InChI is InChI=1S/C10H6F5NO2/c11-5-1-4(2-6(12)7(5)13)8-10(14,15)3-18-9(17)16-8/h1-2,8H,3H2,(H,16,17)/t8-/m1/s1. The molecule has 0 spiro atoms. The summed E-state index contributed by atoms with van der Waals surface area (Å²) in [6.07, 6.45) is -1.14. The summed E-state index contributed by atoms with van der Waals surface area (Å²) >= 11 is 0. The lowest BCUT2D eigenvalue weighted by atomic mass is 9.99. The van der Waals surface area contributed by atoms with Crippen molar-refractivity contribution >= 4 is 6.09 Å². The number of benzene rings is 1. The average Bonchev–Trinajstić information content (AvgIpc) is 2.28. The van der Waals surface area contributed by atoms with Crippen molar-refractivity contribution in [2.75, 3.05) is 6.61 Å². The van der Waals surface area contributed by atoms with E-state index in [9.17, 15) is 26.7 Å². The zero-order valence-electron chi connectivity index (χ0n) is 8.65. The number of nitrogens with one attached hydrogen (secondary N) is 1. The van der Waals surface area contributed by atoms with E-state index in [1.165, 1.54) is 0 Å². The third kappa shape index (κ3) is 2.09. The SMILES string of the molecule is O=C1N[C@H](c2cc(F)c(F)c(F)c2)C(F)(F)CO1. The number of amides is 1. The maximum atomic E-state index is 13.4. The molecule has 1 aromatic carbocycles. The zero-order chi connectivity index (χ0) is 13.5. The van der Waals surface area contributed by atoms with Gasteiger partial charge in [0.2, 0.25) is 0 Å². The van der Waals surface area contributed by atoms with E-state index < -0.39 is 47.7 Å². The highest BCUT2D eigenvalue weighted by molar-refractivity contribution is 5.69. The van der Waals surface area contributed by atoms with Crippen molar-refractivity contribution in [3.63, 3.8) is 0 Å². The molecule has 98 valence electrons. The number of cyclic esters (lactones) is 1. The smallest absolute Gasteiger partial charge is 0.408 e. The van der Waals surface area contributed by atoms with Crippen LogP contribution in [0.5, 0.6) is 0 Å². The van der Waals surface area contributed by atoms with Gasteiger partial charge >= 0.3 is 12.0 Å². The van der Waals surface area contributed by atoms with Crippen LogP contribution in [0, 0.1) is 17.5 Å². The van der Waals surface area contributed by atoms with Gasteiger partial charge in [0.15, 0.2) is 24.1 Å². The summed E-state index contributed by atoms with van der Waals surface area (Å²) in [4.78, 5) is 10.8. The number of ether oxygens (including phenoxy) is 1. The van der Waals surface area contributed by atoms with E-state index >= 15 is 0 Å². The molecule has 0 aromatic heterocycles. The van der Waals surface area contributed by atoms with Gasteiger partial charge in [0.1, 0.15) is 6.04 Å². The van der Waals surface area contributed by atoms with Crippen molar-refractivity contribution in [2.45, 2.75) is 12.0 Å². The summed E-state index contributed by atoms with van der Waals surface area (Å²) in [7, 11) is 0. The van der Waals surface area contributed by atoms with E-state index in [2.05, 4.69) is 4.74 Å². The third-order valence-electron chi connectivity index (χ3n) is 2.42. The molecule has 1 aromatic rings. The quantitative estimate of drug-likeness (QED) is 0.627. The fourth-order valence-electron chi connectivity index (χ4n) is 1.58. The molecule has 1 aliphatic rings. The summed E-state index contributed by atoms with van der Waals surface area (Å²) < 4.78 is 69.5. The molecule has 18 heavy (non-hydrogen) atoms. The molecule has 0 saturated carbocycles. The minimum atomic E-state index is -3.55. The van der Waals surface area contributed by atoms with E-state index in [1.54, 1.807) is 5.32 Å². The van der Waals surface area contributed by atoms with Gasteiger partial charge < -0.3 is 10.1 Å². The van der Waals surface area contributed by atoms with Gasteiger partial charge in [0, 0.05) is 0 Å². The molecule has 3 nitrogen and oxygen atoms in total. The molecule has 1 amide bonds. The van der Waals surface area contributed by atoms with Crippen LogP contribution in [-0.4, -0.2) is 18.6 Å². The molecule has 0 aliphatic carbocycles. The Bertz CT molecular complexity index is 482. The summed E-state index contributed by atoms with van der Waals surface area (Å²) in [5.74, 6) is -8.53. The number of carbonyl (C=O) groups is 1. The third-order valence-corrected chi connectivity index (χ3v) is 2.42. The monoisotopic (exact) mass is 267 g/mol. The van der Waals surface area contributed by atoms with Crippen LogP contribution in [0.25, 0.3) is 0 Å². The number of alkyl carbamates (subject to hydrolysis) is 1. The summed E-state index contributed by atoms with van der Waals surface area (Å²) in [6, 6.07) is -1.16. The molecule has 1 atom stereocenters. The maximum Gasteiger partial charge on any atom is 0.408 e. The van der Waals surface area contributed by atoms with E-state index in [-0.39, 0.29) is 0 Å². The highest BCUT2D eigenvalue weighted by Gasteiger charge is 2.47. The Labute approximate surface area is 97.5 Å². The van der Waals surface area contributed by atoms with Gasteiger partial charge in [-0.05, 0) is 17.7 Å². The first-order chi connectivity index (χ1) is 8.31. The molecular formula is C10H6F5NO2. The second-order valence-corrected chi connectivity index (χ2v) is 3.71. The minimum absolute atomic E-state index is 0.405. The lowest BCUT2D eigenvalue weighted by molar-refractivity contribution is -0.104. The first-order valence-corrected chi connectivity index (χ1v) is 4.77. The van der Waals surface area contributed by atoms with E-state index in [1.807, 2.05) is 0 Å². The second kappa shape index (κ2) is 4.11. The van der Waals surface area contributed by atoms with Gasteiger partial charge in [-0.1, -0.05) is 0 Å². The molecular weight excluding hydrogens is 261 g/mol. The van der Waals surface area contributed by atoms with Crippen LogP contribution >= 0.6 is 0 Å². The number of alkyl halides is 2. The number of hydrogen-bond acceptors (Lipinski definition) is 2. The predicted octanol–water partition coefficient (Wildman–Crippen LogP) is 2.52. The summed E-state index contributed by atoms with van der Waals surface area (Å²) in [5.41, 5.74) is -0.576. The topological polar surface area (TPSA) is 38.3 Å². The van der Waals surface area contributed by atoms with Gasteiger partial charge in [0.25, 0.3) is 0 Å². The number of halogens is 5. The van der Waals surface area contributed by atoms with Crippen molar-refractivity contribution in [1.82, 2.24) is 5.32 Å². The Morgan fingerprint density at radius 2 is 1.78 bits per heavy atom. The summed E-state index contributed by atoms with van der Waals surface area (Å²) in [6.45, 7) is -1.22. The van der Waals surface area contributed by atoms with Crippen molar-refractivity contribution in [1.29, 1.82) is 0 Å². The lowest BCUT2D eigenvalue weighted by Gasteiger charge is -2.31. The van der Waals surface area contributed by atoms with Crippen molar-refractivity contribution < 1.29 is 31.5 Å². The molecule has 1 fully saturated rings. The first kappa shape index (κ1) is 12.6. The molecule has 0 radical (unpaired) electrons. The van der Waals surface area contributed by atoms with Gasteiger partial charge in [-0.25, -0.2) is 26.7 Å². The number of carbonyl (C=O) groups excluding carboxylic acids is 1. The van der Waals surface area contributed by atoms with Gasteiger partial charge in [-0.3, -0.25) is 0 Å². The predicted molar refractivity (Wildman–Crippen MR) is 48.5 cm³/mol. The first-order valence-electron chi connectivity index (χ1n) is 4.77. The van der Waals surface area contributed by atoms with Gasteiger partial charge in [0.05, 0.1) is 0 Å². The van der Waals surface area contributed by atoms with E-state index in [0.717, 1.165) is 0 Å². The molecule has 1 heterocycles. The molecule has 0 unspecified atom stereocenters. The largest absolute Gasteiger partial charge is 0.443 e. The van der Waals surface area contributed by atoms with Crippen LogP contribution in [0.2, 0.25) is 0 Å². The highest BCUT2D eigenvalue weighted by atomic mass is 19.3. The normalized spacial score (nSPS) is 22.3. The van der Waals surface area contributed by atoms with Crippen molar-refractivity contribution in [3.8, 4) is 0 Å². The highest BCUT2D eigenvalue weighted by Crippen LogP contribution is 2.35. The Morgan fingerprint density at radius 1 is 1.22 bits per heavy atom. The molecule has 8 heteroatoms. The van der Waals surface area contributed by atoms with Crippen LogP contribution in [0.1, 0.15) is 11.6 Å². The fraction of sp³-hybridized carbons (Fsp3) is 0.300. The van der Waals surface area contributed by atoms with Crippen LogP contribution in [0.15, 0.2) is 12.1 Å². The van der Waals surface area contributed by atoms with Gasteiger partial charge in [-0.2, -0.15) is 0 Å². The van der Waals surface area contributed by atoms with Crippen molar-refractivity contribution in [3.05, 3.63) is 35.1 Å². The Hall–Kier alpha value is -1.86. The zero-order valence-corrected chi connectivity index (χ0v) is 8.65. The Balaban J connectivity index is 2.43. The van der Waals surface area contributed by atoms with Crippen molar-refractivity contribution in [2.24, 2.45) is 0 Å². The number of hydrogen-bond donors (Lipinski definition) is 1. The second-order valence-electron chi connectivity index (χ2n) is 3.71. The van der Waals surface area contributed by atoms with E-state index in [0.29, 0.717) is 12.1 Å². The molecule has 1 saturated heterocycles. The lowest BCUT2D eigenvalue weighted by Crippen LogP contribution is -2.49. The van der Waals surface area contributed by atoms with Crippen LogP contribution in [0.3, 0.4) is 0 Å².